The van der Waals surface area contributed by atoms with Crippen LogP contribution in [-0.4, -0.2) is 28.7 Å². The fourth-order valence-electron chi connectivity index (χ4n) is 1.11. The summed E-state index contributed by atoms with van der Waals surface area (Å²) in [6.45, 7) is 1.95. The van der Waals surface area contributed by atoms with E-state index in [1.54, 1.807) is 6.92 Å². The van der Waals surface area contributed by atoms with Crippen molar-refractivity contribution in [1.29, 1.82) is 0 Å². The largest absolute Gasteiger partial charge is 0.382 e. The minimum absolute atomic E-state index is 0.0448. The van der Waals surface area contributed by atoms with Gasteiger partial charge in [0.15, 0.2) is 0 Å². The molecule has 7 heteroatoms. The van der Waals surface area contributed by atoms with E-state index in [4.69, 9.17) is 0 Å². The Bertz CT molecular complexity index is 475. The van der Waals surface area contributed by atoms with E-state index in [-0.39, 0.29) is 13.2 Å². The van der Waals surface area contributed by atoms with Gasteiger partial charge in [0.2, 0.25) is 0 Å². The molecule has 0 aliphatic rings. The first-order valence-electron chi connectivity index (χ1n) is 4.86. The van der Waals surface area contributed by atoms with Crippen molar-refractivity contribution in [2.24, 2.45) is 0 Å². The number of aryl methyl sites for hydroxylation is 1. The number of methoxy groups -OCH3 is 1. The summed E-state index contributed by atoms with van der Waals surface area (Å²) in [4.78, 5) is 6.05. The molecule has 0 saturated heterocycles. The molecule has 17 heavy (non-hydrogen) atoms. The van der Waals surface area contributed by atoms with Gasteiger partial charge >= 0.3 is 0 Å². The summed E-state index contributed by atoms with van der Waals surface area (Å²) < 4.78 is 41.3. The average molecular weight is 263 g/mol. The highest BCUT2D eigenvalue weighted by molar-refractivity contribution is 7.89. The van der Waals surface area contributed by atoms with E-state index >= 15 is 0 Å². The van der Waals surface area contributed by atoms with E-state index in [1.165, 1.54) is 19.2 Å². The minimum Gasteiger partial charge on any atom is -0.382 e. The first kappa shape index (κ1) is 14.0. The van der Waals surface area contributed by atoms with E-state index in [0.717, 1.165) is 6.07 Å². The summed E-state index contributed by atoms with van der Waals surface area (Å²) in [5.41, 5.74) is 0.642. The van der Waals surface area contributed by atoms with E-state index in [1.807, 2.05) is 4.89 Å². The zero-order valence-electron chi connectivity index (χ0n) is 9.57. The Morgan fingerprint density at radius 1 is 1.35 bits per heavy atom. The molecule has 0 radical (unpaired) electrons. The van der Waals surface area contributed by atoms with Gasteiger partial charge in [-0.05, 0) is 24.6 Å². The van der Waals surface area contributed by atoms with Crippen LogP contribution in [0.2, 0.25) is 0 Å². The maximum atomic E-state index is 13.3. The highest BCUT2D eigenvalue weighted by Crippen LogP contribution is 2.15. The predicted octanol–water partition coefficient (Wildman–Crippen LogP) is 0.990. The Kier molecular flexibility index (Phi) is 5.01. The summed E-state index contributed by atoms with van der Waals surface area (Å²) in [6, 6.07) is 3.82. The van der Waals surface area contributed by atoms with Gasteiger partial charge in [-0.25, -0.2) is 12.8 Å². The second-order valence-corrected chi connectivity index (χ2v) is 4.98. The fourth-order valence-corrected chi connectivity index (χ4v) is 2.10. The molecule has 96 valence electrons. The molecule has 0 heterocycles. The number of nitrogens with one attached hydrogen (secondary N) is 1. The Morgan fingerprint density at radius 3 is 2.71 bits per heavy atom. The highest BCUT2D eigenvalue weighted by atomic mass is 32.2. The molecule has 0 unspecified atom stereocenters. The lowest BCUT2D eigenvalue weighted by Crippen LogP contribution is -2.26. The molecule has 0 saturated carbocycles. The molecule has 1 N–H and O–H groups in total. The number of hydrogen-bond acceptors (Lipinski definition) is 4. The van der Waals surface area contributed by atoms with Crippen LogP contribution in [0.25, 0.3) is 0 Å². The van der Waals surface area contributed by atoms with Crippen LogP contribution in [0.1, 0.15) is 5.56 Å². The van der Waals surface area contributed by atoms with Gasteiger partial charge in [0, 0.05) is 7.11 Å². The number of halogens is 1. The van der Waals surface area contributed by atoms with Crippen molar-refractivity contribution in [2.75, 3.05) is 20.3 Å². The topological polar surface area (TPSA) is 64.6 Å². The summed E-state index contributed by atoms with van der Waals surface area (Å²) in [5.74, 6) is -0.821. The third-order valence-electron chi connectivity index (χ3n) is 1.93. The van der Waals surface area contributed by atoms with Gasteiger partial charge in [-0.3, -0.25) is 4.84 Å². The first-order chi connectivity index (χ1) is 7.97. The van der Waals surface area contributed by atoms with E-state index in [9.17, 15) is 12.8 Å². The minimum atomic E-state index is -4.00. The Balaban J connectivity index is 2.79. The predicted molar refractivity (Wildman–Crippen MR) is 59.3 cm³/mol. The zero-order valence-corrected chi connectivity index (χ0v) is 10.4. The number of rotatable bonds is 6. The molecule has 0 amide bonds. The molecule has 1 rings (SSSR count). The molecule has 0 fully saturated rings. The van der Waals surface area contributed by atoms with E-state index in [0.29, 0.717) is 5.56 Å². The third kappa shape index (κ3) is 4.04. The summed E-state index contributed by atoms with van der Waals surface area (Å²) in [5, 5.41) is 0. The number of sulfonamides is 1. The summed E-state index contributed by atoms with van der Waals surface area (Å²) in [7, 11) is -2.54. The SMILES string of the molecule is COCCONS(=O)(=O)c1cc(C)ccc1F. The Hall–Kier alpha value is -1.02. The second kappa shape index (κ2) is 6.06. The smallest absolute Gasteiger partial charge is 0.265 e. The van der Waals surface area contributed by atoms with Gasteiger partial charge in [-0.15, -0.1) is 0 Å². The van der Waals surface area contributed by atoms with Crippen LogP contribution in [0.3, 0.4) is 0 Å². The number of hydrogen-bond donors (Lipinski definition) is 1. The van der Waals surface area contributed by atoms with Crippen LogP contribution < -0.4 is 4.89 Å². The van der Waals surface area contributed by atoms with Gasteiger partial charge in [-0.1, -0.05) is 11.0 Å². The van der Waals surface area contributed by atoms with Crippen LogP contribution >= 0.6 is 0 Å². The third-order valence-corrected chi connectivity index (χ3v) is 3.16. The Morgan fingerprint density at radius 2 is 2.06 bits per heavy atom. The van der Waals surface area contributed by atoms with Gasteiger partial charge in [-0.2, -0.15) is 0 Å². The van der Waals surface area contributed by atoms with Crippen LogP contribution in [0.4, 0.5) is 4.39 Å². The molecule has 0 aliphatic carbocycles. The van der Waals surface area contributed by atoms with Crippen LogP contribution in [0.15, 0.2) is 23.1 Å². The van der Waals surface area contributed by atoms with Gasteiger partial charge in [0.05, 0.1) is 13.2 Å². The van der Waals surface area contributed by atoms with Crippen molar-refractivity contribution in [3.63, 3.8) is 0 Å². The molecule has 1 aromatic carbocycles. The lowest BCUT2D eigenvalue weighted by molar-refractivity contribution is 0.0437. The summed E-state index contributed by atoms with van der Waals surface area (Å²) in [6.07, 6.45) is 0. The van der Waals surface area contributed by atoms with Crippen molar-refractivity contribution in [2.45, 2.75) is 11.8 Å². The monoisotopic (exact) mass is 263 g/mol. The first-order valence-corrected chi connectivity index (χ1v) is 6.34. The van der Waals surface area contributed by atoms with E-state index in [2.05, 4.69) is 9.57 Å². The quantitative estimate of drug-likeness (QED) is 0.614. The van der Waals surface area contributed by atoms with Crippen molar-refractivity contribution >= 4 is 10.0 Å². The molecular weight excluding hydrogens is 249 g/mol. The summed E-state index contributed by atoms with van der Waals surface area (Å²) >= 11 is 0. The van der Waals surface area contributed by atoms with Gasteiger partial charge in [0.25, 0.3) is 10.0 Å². The van der Waals surface area contributed by atoms with Crippen molar-refractivity contribution in [3.05, 3.63) is 29.6 Å². The molecule has 0 atom stereocenters. The molecule has 0 aliphatic heterocycles. The van der Waals surface area contributed by atoms with Crippen molar-refractivity contribution in [1.82, 2.24) is 4.89 Å². The van der Waals surface area contributed by atoms with Gasteiger partial charge in [0.1, 0.15) is 10.7 Å². The molecular formula is C10H14FNO4S. The van der Waals surface area contributed by atoms with Crippen LogP contribution in [0.5, 0.6) is 0 Å². The number of benzene rings is 1. The average Bonchev–Trinajstić information content (AvgIpc) is 2.28. The second-order valence-electron chi connectivity index (χ2n) is 3.36. The fraction of sp³-hybridized carbons (Fsp3) is 0.400. The lowest BCUT2D eigenvalue weighted by atomic mass is 10.2. The Labute approximate surface area is 99.5 Å². The van der Waals surface area contributed by atoms with Crippen LogP contribution in [0, 0.1) is 12.7 Å². The molecule has 5 nitrogen and oxygen atoms in total. The molecule has 0 bridgehead atoms. The number of ether oxygens (including phenoxy) is 1. The maximum absolute atomic E-state index is 13.3. The molecule has 1 aromatic rings. The molecule has 0 aromatic heterocycles. The van der Waals surface area contributed by atoms with Gasteiger partial charge < -0.3 is 4.74 Å². The normalized spacial score (nSPS) is 11.7. The lowest BCUT2D eigenvalue weighted by Gasteiger charge is -2.08. The molecule has 0 spiro atoms. The van der Waals surface area contributed by atoms with Crippen molar-refractivity contribution in [3.8, 4) is 0 Å². The van der Waals surface area contributed by atoms with E-state index < -0.39 is 20.7 Å². The highest BCUT2D eigenvalue weighted by Gasteiger charge is 2.19. The van der Waals surface area contributed by atoms with Crippen molar-refractivity contribution < 1.29 is 22.4 Å². The zero-order chi connectivity index (χ0) is 12.9. The maximum Gasteiger partial charge on any atom is 0.265 e. The van der Waals surface area contributed by atoms with Crippen LogP contribution in [-0.2, 0) is 19.6 Å². The standard InChI is InChI=1S/C10H14FNO4S/c1-8-3-4-9(11)10(7-8)17(13,14)12-16-6-5-15-2/h3-4,7,12H,5-6H2,1-2H3.